The second-order valence-electron chi connectivity index (χ2n) is 5.84. The number of hydrogen-bond acceptors (Lipinski definition) is 3. The molecule has 0 saturated heterocycles. The fraction of sp³-hybridized carbons (Fsp3) is 0.562. The van der Waals surface area contributed by atoms with E-state index < -0.39 is 5.60 Å². The number of hydrogen-bond donors (Lipinski definition) is 1. The van der Waals surface area contributed by atoms with Gasteiger partial charge in [-0.15, -0.1) is 0 Å². The van der Waals surface area contributed by atoms with Gasteiger partial charge in [0.1, 0.15) is 5.60 Å². The average Bonchev–Trinajstić information content (AvgIpc) is 2.38. The Morgan fingerprint density at radius 2 is 1.90 bits per heavy atom. The van der Waals surface area contributed by atoms with Gasteiger partial charge in [-0.3, -0.25) is 4.90 Å². The van der Waals surface area contributed by atoms with Crippen molar-refractivity contribution in [3.8, 4) is 0 Å². The summed E-state index contributed by atoms with van der Waals surface area (Å²) in [4.78, 5) is 13.9. The van der Waals surface area contributed by atoms with E-state index in [1.807, 2.05) is 58.0 Å². The van der Waals surface area contributed by atoms with Crippen LogP contribution >= 0.6 is 0 Å². The molecule has 0 heterocycles. The first kappa shape index (κ1) is 16.5. The zero-order valence-electron chi connectivity index (χ0n) is 12.8. The van der Waals surface area contributed by atoms with Gasteiger partial charge < -0.3 is 9.84 Å². The smallest absolute Gasteiger partial charge is 0.410 e. The Morgan fingerprint density at radius 3 is 2.35 bits per heavy atom. The van der Waals surface area contributed by atoms with Crippen LogP contribution in [0.5, 0.6) is 0 Å². The first-order valence-corrected chi connectivity index (χ1v) is 7.01. The minimum Gasteiger partial charge on any atom is -0.444 e. The molecule has 0 radical (unpaired) electrons. The molecule has 1 N–H and O–H groups in total. The number of carbonyl (C=O) groups excluding carboxylic acids is 1. The van der Waals surface area contributed by atoms with E-state index in [0.717, 1.165) is 5.56 Å². The van der Waals surface area contributed by atoms with Crippen LogP contribution in [0.3, 0.4) is 0 Å². The number of carbonyl (C=O) groups is 1. The van der Waals surface area contributed by atoms with E-state index in [9.17, 15) is 9.90 Å². The highest BCUT2D eigenvalue weighted by Gasteiger charge is 2.27. The lowest BCUT2D eigenvalue weighted by atomic mass is 10.1. The van der Waals surface area contributed by atoms with E-state index in [1.165, 1.54) is 0 Å². The summed E-state index contributed by atoms with van der Waals surface area (Å²) in [6, 6.07) is 9.49. The molecule has 1 atom stereocenters. The molecule has 0 fully saturated rings. The molecule has 1 aromatic rings. The van der Waals surface area contributed by atoms with Crippen LogP contribution < -0.4 is 0 Å². The van der Waals surface area contributed by atoms with Crippen molar-refractivity contribution in [2.24, 2.45) is 0 Å². The van der Waals surface area contributed by atoms with Crippen molar-refractivity contribution in [3.63, 3.8) is 0 Å². The third-order valence-corrected chi connectivity index (χ3v) is 2.95. The highest BCUT2D eigenvalue weighted by Crippen LogP contribution is 2.16. The fourth-order valence-electron chi connectivity index (χ4n) is 1.89. The molecule has 112 valence electrons. The molecule has 0 saturated carbocycles. The third-order valence-electron chi connectivity index (χ3n) is 2.95. The van der Waals surface area contributed by atoms with Crippen molar-refractivity contribution in [1.29, 1.82) is 0 Å². The largest absolute Gasteiger partial charge is 0.444 e. The predicted molar refractivity (Wildman–Crippen MR) is 79.4 cm³/mol. The fourth-order valence-corrected chi connectivity index (χ4v) is 1.89. The number of aliphatic hydroxyl groups is 1. The van der Waals surface area contributed by atoms with Gasteiger partial charge in [-0.1, -0.05) is 37.3 Å². The zero-order chi connectivity index (χ0) is 15.2. The van der Waals surface area contributed by atoms with Crippen LogP contribution in [-0.4, -0.2) is 34.3 Å². The van der Waals surface area contributed by atoms with E-state index in [-0.39, 0.29) is 18.7 Å². The van der Waals surface area contributed by atoms with Gasteiger partial charge in [0.15, 0.2) is 0 Å². The molecular formula is C16H25NO3. The monoisotopic (exact) mass is 279 g/mol. The highest BCUT2D eigenvalue weighted by atomic mass is 16.6. The van der Waals surface area contributed by atoms with E-state index in [4.69, 9.17) is 4.74 Å². The Morgan fingerprint density at radius 1 is 1.30 bits per heavy atom. The van der Waals surface area contributed by atoms with Crippen LogP contribution in [0.4, 0.5) is 4.79 Å². The van der Waals surface area contributed by atoms with Crippen molar-refractivity contribution in [2.75, 3.05) is 6.61 Å². The zero-order valence-corrected chi connectivity index (χ0v) is 12.8. The number of nitrogens with zero attached hydrogens (tertiary/aromatic N) is 1. The molecule has 0 unspecified atom stereocenters. The van der Waals surface area contributed by atoms with Crippen molar-refractivity contribution in [3.05, 3.63) is 35.9 Å². The summed E-state index contributed by atoms with van der Waals surface area (Å²) < 4.78 is 5.43. The Kier molecular flexibility index (Phi) is 6.02. The van der Waals surface area contributed by atoms with Crippen LogP contribution in [0.2, 0.25) is 0 Å². The van der Waals surface area contributed by atoms with E-state index >= 15 is 0 Å². The SMILES string of the molecule is CC[C@@H](CO)N(Cc1ccccc1)C(=O)OC(C)(C)C. The van der Waals surface area contributed by atoms with Gasteiger partial charge in [0, 0.05) is 6.54 Å². The first-order chi connectivity index (χ1) is 9.37. The van der Waals surface area contributed by atoms with Crippen LogP contribution in [0, 0.1) is 0 Å². The molecule has 0 aromatic heterocycles. The number of aliphatic hydroxyl groups excluding tert-OH is 1. The Labute approximate surface area is 121 Å². The van der Waals surface area contributed by atoms with Crippen LogP contribution in [0.25, 0.3) is 0 Å². The molecule has 1 amide bonds. The topological polar surface area (TPSA) is 49.8 Å². The summed E-state index contributed by atoms with van der Waals surface area (Å²) in [6.07, 6.45) is 0.296. The maximum absolute atomic E-state index is 12.3. The maximum atomic E-state index is 12.3. The molecule has 0 aliphatic rings. The lowest BCUT2D eigenvalue weighted by Gasteiger charge is -2.32. The van der Waals surface area contributed by atoms with E-state index in [1.54, 1.807) is 4.90 Å². The summed E-state index contributed by atoms with van der Waals surface area (Å²) >= 11 is 0. The van der Waals surface area contributed by atoms with E-state index in [0.29, 0.717) is 13.0 Å². The van der Waals surface area contributed by atoms with Crippen molar-refractivity contribution in [2.45, 2.75) is 52.3 Å². The van der Waals surface area contributed by atoms with Gasteiger partial charge in [0.25, 0.3) is 0 Å². The maximum Gasteiger partial charge on any atom is 0.410 e. The summed E-state index contributed by atoms with van der Waals surface area (Å²) in [5.41, 5.74) is 0.477. The van der Waals surface area contributed by atoms with Gasteiger partial charge in [-0.2, -0.15) is 0 Å². The van der Waals surface area contributed by atoms with Gasteiger partial charge in [0.2, 0.25) is 0 Å². The van der Waals surface area contributed by atoms with Gasteiger partial charge in [-0.05, 0) is 32.8 Å². The molecule has 0 aliphatic carbocycles. The Hall–Kier alpha value is -1.55. The van der Waals surface area contributed by atoms with Crippen molar-refractivity contribution < 1.29 is 14.6 Å². The normalized spacial score (nSPS) is 12.8. The van der Waals surface area contributed by atoms with Crippen molar-refractivity contribution in [1.82, 2.24) is 4.90 Å². The lowest BCUT2D eigenvalue weighted by Crippen LogP contribution is -2.44. The molecule has 0 aliphatic heterocycles. The van der Waals surface area contributed by atoms with Crippen molar-refractivity contribution >= 4 is 6.09 Å². The number of amides is 1. The molecule has 0 bridgehead atoms. The number of rotatable bonds is 5. The van der Waals surface area contributed by atoms with E-state index in [2.05, 4.69) is 0 Å². The molecular weight excluding hydrogens is 254 g/mol. The van der Waals surface area contributed by atoms with Crippen LogP contribution in [0.1, 0.15) is 39.7 Å². The van der Waals surface area contributed by atoms with Crippen LogP contribution in [-0.2, 0) is 11.3 Å². The lowest BCUT2D eigenvalue weighted by molar-refractivity contribution is 0.00639. The summed E-state index contributed by atoms with van der Waals surface area (Å²) in [6.45, 7) is 7.84. The molecule has 4 heteroatoms. The minimum atomic E-state index is -0.542. The molecule has 1 rings (SSSR count). The predicted octanol–water partition coefficient (Wildman–Crippen LogP) is 3.19. The van der Waals surface area contributed by atoms with Crippen LogP contribution in [0.15, 0.2) is 30.3 Å². The molecule has 1 aromatic carbocycles. The minimum absolute atomic E-state index is 0.0669. The standard InChI is InChI=1S/C16H25NO3/c1-5-14(12-18)17(15(19)20-16(2,3)4)11-13-9-7-6-8-10-13/h6-10,14,18H,5,11-12H2,1-4H3/t14-/m0/s1. The highest BCUT2D eigenvalue weighted by molar-refractivity contribution is 5.68. The van der Waals surface area contributed by atoms with Gasteiger partial charge in [-0.25, -0.2) is 4.79 Å². The summed E-state index contributed by atoms with van der Waals surface area (Å²) in [7, 11) is 0. The molecule has 20 heavy (non-hydrogen) atoms. The summed E-state index contributed by atoms with van der Waals surface area (Å²) in [5, 5.41) is 9.47. The average molecular weight is 279 g/mol. The number of benzene rings is 1. The molecule has 0 spiro atoms. The Bertz CT molecular complexity index is 407. The quantitative estimate of drug-likeness (QED) is 0.900. The molecule has 4 nitrogen and oxygen atoms in total. The second-order valence-corrected chi connectivity index (χ2v) is 5.84. The van der Waals surface area contributed by atoms with Gasteiger partial charge >= 0.3 is 6.09 Å². The second kappa shape index (κ2) is 7.29. The number of ether oxygens (including phenoxy) is 1. The summed E-state index contributed by atoms with van der Waals surface area (Å²) in [5.74, 6) is 0. The Balaban J connectivity index is 2.88. The first-order valence-electron chi connectivity index (χ1n) is 7.01. The van der Waals surface area contributed by atoms with Gasteiger partial charge in [0.05, 0.1) is 12.6 Å². The third kappa shape index (κ3) is 5.21.